The molecule has 2 heterocycles. The summed E-state index contributed by atoms with van der Waals surface area (Å²) >= 11 is 0. The average Bonchev–Trinajstić information content (AvgIpc) is 2.83. The maximum absolute atomic E-state index is 11.2. The van der Waals surface area contributed by atoms with Crippen LogP contribution in [0.3, 0.4) is 0 Å². The number of rotatable bonds is 3. The molecule has 0 atom stereocenters. The van der Waals surface area contributed by atoms with Gasteiger partial charge in [-0.2, -0.15) is 10.1 Å². The van der Waals surface area contributed by atoms with E-state index in [9.17, 15) is 4.79 Å². The molecule has 2 aromatic heterocycles. The third-order valence-electron chi connectivity index (χ3n) is 2.65. The molecule has 0 aromatic carbocycles. The fourth-order valence-electron chi connectivity index (χ4n) is 1.28. The number of aromatic nitrogens is 4. The van der Waals surface area contributed by atoms with E-state index in [1.165, 1.54) is 10.7 Å². The molecule has 0 unspecified atom stereocenters. The number of hydrogen-bond acceptors (Lipinski definition) is 6. The first-order chi connectivity index (χ1) is 8.44. The second-order valence-electron chi connectivity index (χ2n) is 4.32. The summed E-state index contributed by atoms with van der Waals surface area (Å²) in [5.74, 6) is 0.682. The number of hydrogen-bond donors (Lipinski definition) is 0. The van der Waals surface area contributed by atoms with E-state index in [0.717, 1.165) is 0 Å². The molecule has 0 fully saturated rings. The Morgan fingerprint density at radius 3 is 2.72 bits per heavy atom. The van der Waals surface area contributed by atoms with Gasteiger partial charge in [-0.1, -0.05) is 5.16 Å². The Labute approximate surface area is 103 Å². The Hall–Kier alpha value is -2.02. The van der Waals surface area contributed by atoms with E-state index in [2.05, 4.69) is 15.2 Å². The van der Waals surface area contributed by atoms with Crippen LogP contribution in [0.2, 0.25) is 0 Å². The zero-order valence-corrected chi connectivity index (χ0v) is 10.7. The highest BCUT2D eigenvalue weighted by Crippen LogP contribution is 2.23. The van der Waals surface area contributed by atoms with Crippen LogP contribution >= 0.6 is 0 Å². The Balaban J connectivity index is 2.41. The molecular weight excluding hydrogens is 236 g/mol. The van der Waals surface area contributed by atoms with Crippen LogP contribution < -0.4 is 5.56 Å². The van der Waals surface area contributed by atoms with Gasteiger partial charge in [-0.25, -0.2) is 4.68 Å². The van der Waals surface area contributed by atoms with E-state index in [0.29, 0.717) is 11.5 Å². The van der Waals surface area contributed by atoms with Crippen molar-refractivity contribution < 1.29 is 9.26 Å². The molecule has 18 heavy (non-hydrogen) atoms. The zero-order valence-electron chi connectivity index (χ0n) is 10.7. The van der Waals surface area contributed by atoms with Gasteiger partial charge in [0, 0.05) is 20.2 Å². The normalized spacial score (nSPS) is 11.8. The lowest BCUT2D eigenvalue weighted by atomic mass is 10.1. The molecule has 2 aromatic rings. The summed E-state index contributed by atoms with van der Waals surface area (Å²) in [5, 5.41) is 7.88. The standard InChI is InChI=1S/C11H14N4O3/c1-11(2,17-4)10-12-9(18-14-10)7-5-6-8(16)15(3)13-7/h5-6H,1-4H3. The fourth-order valence-corrected chi connectivity index (χ4v) is 1.28. The minimum absolute atomic E-state index is 0.198. The molecule has 0 saturated carbocycles. The summed E-state index contributed by atoms with van der Waals surface area (Å²) in [6, 6.07) is 2.94. The van der Waals surface area contributed by atoms with E-state index >= 15 is 0 Å². The predicted molar refractivity (Wildman–Crippen MR) is 62.8 cm³/mol. The Bertz CT molecular complexity index is 615. The molecule has 0 aliphatic carbocycles. The van der Waals surface area contributed by atoms with Gasteiger partial charge in [0.1, 0.15) is 11.3 Å². The molecule has 0 aliphatic heterocycles. The highest BCUT2D eigenvalue weighted by Gasteiger charge is 2.26. The van der Waals surface area contributed by atoms with Gasteiger partial charge in [0.2, 0.25) is 5.82 Å². The maximum Gasteiger partial charge on any atom is 0.278 e. The van der Waals surface area contributed by atoms with Crippen LogP contribution in [0.1, 0.15) is 19.7 Å². The molecule has 0 saturated heterocycles. The van der Waals surface area contributed by atoms with Gasteiger partial charge in [-0.05, 0) is 19.9 Å². The molecule has 0 bridgehead atoms. The van der Waals surface area contributed by atoms with Gasteiger partial charge in [0.05, 0.1) is 0 Å². The average molecular weight is 250 g/mol. The summed E-state index contributed by atoms with van der Waals surface area (Å²) in [6.07, 6.45) is 0. The predicted octanol–water partition coefficient (Wildman–Crippen LogP) is 0.712. The van der Waals surface area contributed by atoms with Crippen molar-refractivity contribution in [1.29, 1.82) is 0 Å². The van der Waals surface area contributed by atoms with Gasteiger partial charge in [-0.15, -0.1) is 0 Å². The largest absolute Gasteiger partial charge is 0.371 e. The third-order valence-corrected chi connectivity index (χ3v) is 2.65. The monoisotopic (exact) mass is 250 g/mol. The first kappa shape index (κ1) is 12.4. The molecule has 0 spiro atoms. The van der Waals surface area contributed by atoms with E-state index in [1.807, 2.05) is 13.8 Å². The summed E-state index contributed by atoms with van der Waals surface area (Å²) in [4.78, 5) is 15.4. The van der Waals surface area contributed by atoms with Crippen molar-refractivity contribution in [1.82, 2.24) is 19.9 Å². The summed E-state index contributed by atoms with van der Waals surface area (Å²) < 4.78 is 11.6. The molecule has 96 valence electrons. The second kappa shape index (κ2) is 4.34. The molecular formula is C11H14N4O3. The smallest absolute Gasteiger partial charge is 0.278 e. The minimum Gasteiger partial charge on any atom is -0.371 e. The number of methoxy groups -OCH3 is 1. The van der Waals surface area contributed by atoms with E-state index < -0.39 is 5.60 Å². The van der Waals surface area contributed by atoms with Gasteiger partial charge < -0.3 is 9.26 Å². The second-order valence-corrected chi connectivity index (χ2v) is 4.32. The van der Waals surface area contributed by atoms with Crippen molar-refractivity contribution in [2.75, 3.05) is 7.11 Å². The summed E-state index contributed by atoms with van der Waals surface area (Å²) in [6.45, 7) is 3.66. The van der Waals surface area contributed by atoms with Crippen molar-refractivity contribution in [2.45, 2.75) is 19.4 Å². The Kier molecular flexibility index (Phi) is 3.00. The SMILES string of the molecule is COC(C)(C)c1noc(-c2ccc(=O)n(C)n2)n1. The molecule has 0 N–H and O–H groups in total. The number of aryl methyl sites for hydroxylation is 1. The third kappa shape index (κ3) is 2.17. The molecule has 0 radical (unpaired) electrons. The zero-order chi connectivity index (χ0) is 13.3. The lowest BCUT2D eigenvalue weighted by Crippen LogP contribution is -2.21. The molecule has 7 nitrogen and oxygen atoms in total. The van der Waals surface area contributed by atoms with Crippen molar-refractivity contribution in [3.05, 3.63) is 28.3 Å². The number of nitrogens with zero attached hydrogens (tertiary/aromatic N) is 4. The van der Waals surface area contributed by atoms with Crippen molar-refractivity contribution in [3.63, 3.8) is 0 Å². The van der Waals surface area contributed by atoms with Crippen LogP contribution in [-0.4, -0.2) is 27.0 Å². The van der Waals surface area contributed by atoms with Gasteiger partial charge >= 0.3 is 0 Å². The van der Waals surface area contributed by atoms with E-state index in [-0.39, 0.29) is 11.4 Å². The van der Waals surface area contributed by atoms with E-state index in [1.54, 1.807) is 20.2 Å². The highest BCUT2D eigenvalue weighted by atomic mass is 16.5. The fraction of sp³-hybridized carbons (Fsp3) is 0.455. The van der Waals surface area contributed by atoms with Crippen molar-refractivity contribution in [3.8, 4) is 11.6 Å². The van der Waals surface area contributed by atoms with Crippen LogP contribution in [0.4, 0.5) is 0 Å². The van der Waals surface area contributed by atoms with Crippen molar-refractivity contribution in [2.24, 2.45) is 7.05 Å². The first-order valence-corrected chi connectivity index (χ1v) is 5.38. The lowest BCUT2D eigenvalue weighted by molar-refractivity contribution is 0.00973. The molecule has 2 rings (SSSR count). The van der Waals surface area contributed by atoms with Gasteiger partial charge in [-0.3, -0.25) is 4.79 Å². The van der Waals surface area contributed by atoms with Crippen LogP contribution in [0.5, 0.6) is 0 Å². The van der Waals surface area contributed by atoms with Gasteiger partial charge in [0.25, 0.3) is 11.4 Å². The summed E-state index contributed by atoms with van der Waals surface area (Å²) in [7, 11) is 3.13. The Morgan fingerprint density at radius 2 is 2.11 bits per heavy atom. The number of ether oxygens (including phenoxy) is 1. The van der Waals surface area contributed by atoms with E-state index in [4.69, 9.17) is 9.26 Å². The maximum atomic E-state index is 11.2. The molecule has 0 aliphatic rings. The van der Waals surface area contributed by atoms with Crippen LogP contribution in [-0.2, 0) is 17.4 Å². The molecule has 0 amide bonds. The topological polar surface area (TPSA) is 83.0 Å². The van der Waals surface area contributed by atoms with Crippen LogP contribution in [0, 0.1) is 0 Å². The molecule has 7 heteroatoms. The van der Waals surface area contributed by atoms with Crippen molar-refractivity contribution >= 4 is 0 Å². The summed E-state index contributed by atoms with van der Waals surface area (Å²) in [5.41, 5.74) is -0.388. The Morgan fingerprint density at radius 1 is 1.39 bits per heavy atom. The van der Waals surface area contributed by atoms with Crippen LogP contribution in [0.25, 0.3) is 11.6 Å². The quantitative estimate of drug-likeness (QED) is 0.797. The van der Waals surface area contributed by atoms with Gasteiger partial charge in [0.15, 0.2) is 0 Å². The first-order valence-electron chi connectivity index (χ1n) is 5.38. The van der Waals surface area contributed by atoms with Crippen LogP contribution in [0.15, 0.2) is 21.5 Å². The highest BCUT2D eigenvalue weighted by molar-refractivity contribution is 5.44. The minimum atomic E-state index is -0.636. The lowest BCUT2D eigenvalue weighted by Gasteiger charge is -2.17.